The number of hydrogen-bond donors (Lipinski definition) is 3. The molecule has 6 nitrogen and oxygen atoms in total. The van der Waals surface area contributed by atoms with E-state index >= 15 is 0 Å². The van der Waals surface area contributed by atoms with Crippen molar-refractivity contribution in [3.63, 3.8) is 0 Å². The Kier molecular flexibility index (Phi) is 8.12. The van der Waals surface area contributed by atoms with Crippen molar-refractivity contribution < 1.29 is 4.79 Å². The van der Waals surface area contributed by atoms with Crippen molar-refractivity contribution in [1.82, 2.24) is 15.3 Å². The third-order valence-corrected chi connectivity index (χ3v) is 5.61. The van der Waals surface area contributed by atoms with Gasteiger partial charge in [-0.05, 0) is 31.0 Å². The fraction of sp³-hybridized carbons (Fsp3) is 0.522. The summed E-state index contributed by atoms with van der Waals surface area (Å²) in [5.74, 6) is -0.292. The van der Waals surface area contributed by atoms with Crippen LogP contribution in [-0.2, 0) is 4.79 Å². The monoisotopic (exact) mass is 393 g/mol. The summed E-state index contributed by atoms with van der Waals surface area (Å²) >= 11 is 0. The quantitative estimate of drug-likeness (QED) is 0.493. The summed E-state index contributed by atoms with van der Waals surface area (Å²) in [6, 6.07) is 7.85. The van der Waals surface area contributed by atoms with Crippen molar-refractivity contribution in [2.75, 3.05) is 5.32 Å². The molecule has 154 valence electrons. The largest absolute Gasteiger partial charge is 0.360 e. The van der Waals surface area contributed by atoms with Gasteiger partial charge in [-0.1, -0.05) is 57.8 Å². The Hall–Kier alpha value is -2.81. The van der Waals surface area contributed by atoms with Crippen LogP contribution < -0.4 is 10.6 Å². The Morgan fingerprint density at radius 2 is 1.72 bits per heavy atom. The number of H-pyrrole nitrogens is 1. The Labute approximate surface area is 172 Å². The standard InChI is InChI=1S/C23H31N5O/c24-15-18(16-25-20-12-13-21-22(14-20)27-17-26-21)23(29)28-19-10-8-6-4-2-1-3-5-7-9-11-19/h12-14,16-17,19,25H,1-11H2,(H,26,27)(H,28,29)/b18-16-. The predicted octanol–water partition coefficient (Wildman–Crippen LogP) is 5.17. The van der Waals surface area contributed by atoms with E-state index in [1.54, 1.807) is 6.33 Å². The molecule has 1 amide bonds. The van der Waals surface area contributed by atoms with Crippen molar-refractivity contribution in [2.45, 2.75) is 76.7 Å². The molecule has 0 aliphatic heterocycles. The smallest absolute Gasteiger partial charge is 0.263 e. The van der Waals surface area contributed by atoms with Crippen LogP contribution in [0.1, 0.15) is 70.6 Å². The fourth-order valence-electron chi connectivity index (χ4n) is 3.90. The molecule has 3 rings (SSSR count). The van der Waals surface area contributed by atoms with Gasteiger partial charge < -0.3 is 15.6 Å². The number of carbonyl (C=O) groups is 1. The minimum absolute atomic E-state index is 0.0980. The Bertz CT molecular complexity index is 852. The number of anilines is 1. The topological polar surface area (TPSA) is 93.6 Å². The third kappa shape index (κ3) is 6.63. The molecule has 0 saturated heterocycles. The lowest BCUT2D eigenvalue weighted by Crippen LogP contribution is -2.35. The number of imidazole rings is 1. The molecule has 1 aliphatic carbocycles. The van der Waals surface area contributed by atoms with Crippen molar-refractivity contribution in [2.24, 2.45) is 0 Å². The van der Waals surface area contributed by atoms with Crippen LogP contribution in [-0.4, -0.2) is 21.9 Å². The van der Waals surface area contributed by atoms with Gasteiger partial charge in [0.05, 0.1) is 17.4 Å². The van der Waals surface area contributed by atoms with Gasteiger partial charge in [0, 0.05) is 17.9 Å². The van der Waals surface area contributed by atoms with E-state index in [1.165, 1.54) is 51.1 Å². The normalized spacial score (nSPS) is 17.7. The fourth-order valence-corrected chi connectivity index (χ4v) is 3.90. The molecule has 1 aromatic carbocycles. The molecule has 1 aromatic heterocycles. The van der Waals surface area contributed by atoms with Crippen LogP contribution in [0.15, 0.2) is 36.3 Å². The molecule has 0 bridgehead atoms. The maximum absolute atomic E-state index is 12.7. The van der Waals surface area contributed by atoms with E-state index in [-0.39, 0.29) is 17.5 Å². The molecular weight excluding hydrogens is 362 g/mol. The van der Waals surface area contributed by atoms with Gasteiger partial charge in [0.2, 0.25) is 0 Å². The van der Waals surface area contributed by atoms with Crippen LogP contribution in [0.3, 0.4) is 0 Å². The van der Waals surface area contributed by atoms with Gasteiger partial charge in [0.15, 0.2) is 0 Å². The second-order valence-electron chi connectivity index (χ2n) is 7.88. The number of amides is 1. The van der Waals surface area contributed by atoms with Gasteiger partial charge in [0.1, 0.15) is 11.6 Å². The molecule has 29 heavy (non-hydrogen) atoms. The number of fused-ring (bicyclic) bond motifs is 1. The molecule has 0 radical (unpaired) electrons. The van der Waals surface area contributed by atoms with E-state index < -0.39 is 0 Å². The predicted molar refractivity (Wildman–Crippen MR) is 116 cm³/mol. The Morgan fingerprint density at radius 3 is 2.38 bits per heavy atom. The lowest BCUT2D eigenvalue weighted by atomic mass is 9.98. The van der Waals surface area contributed by atoms with Crippen molar-refractivity contribution >= 4 is 22.6 Å². The van der Waals surface area contributed by atoms with Crippen molar-refractivity contribution in [3.05, 3.63) is 36.3 Å². The first-order valence-corrected chi connectivity index (χ1v) is 10.9. The highest BCUT2D eigenvalue weighted by atomic mass is 16.1. The van der Waals surface area contributed by atoms with E-state index in [0.717, 1.165) is 42.4 Å². The van der Waals surface area contributed by atoms with Crippen LogP contribution in [0, 0.1) is 11.3 Å². The Balaban J connectivity index is 1.57. The summed E-state index contributed by atoms with van der Waals surface area (Å²) in [4.78, 5) is 19.9. The summed E-state index contributed by atoms with van der Waals surface area (Å²) in [5, 5.41) is 15.6. The molecule has 1 saturated carbocycles. The van der Waals surface area contributed by atoms with Gasteiger partial charge >= 0.3 is 0 Å². The van der Waals surface area contributed by atoms with E-state index in [0.29, 0.717) is 0 Å². The number of aromatic amines is 1. The molecule has 2 aromatic rings. The SMILES string of the molecule is N#C/C(=C/Nc1ccc2nc[nH]c2c1)C(=O)NC1CCCCCCCCCCC1. The van der Waals surface area contributed by atoms with E-state index in [2.05, 4.69) is 20.6 Å². The summed E-state index contributed by atoms with van der Waals surface area (Å²) < 4.78 is 0. The van der Waals surface area contributed by atoms with E-state index in [1.807, 2.05) is 24.3 Å². The van der Waals surface area contributed by atoms with Crippen molar-refractivity contribution in [3.8, 4) is 6.07 Å². The minimum Gasteiger partial charge on any atom is -0.360 e. The van der Waals surface area contributed by atoms with Gasteiger partial charge in [-0.3, -0.25) is 4.79 Å². The maximum atomic E-state index is 12.7. The number of nitrogens with zero attached hydrogens (tertiary/aromatic N) is 2. The summed E-state index contributed by atoms with van der Waals surface area (Å²) in [5.41, 5.74) is 2.67. The highest BCUT2D eigenvalue weighted by Crippen LogP contribution is 2.18. The summed E-state index contributed by atoms with van der Waals surface area (Å²) in [6.45, 7) is 0. The average Bonchev–Trinajstić information content (AvgIpc) is 3.18. The second kappa shape index (κ2) is 11.3. The number of benzene rings is 1. The number of carbonyl (C=O) groups excluding carboxylic acids is 1. The molecule has 1 heterocycles. The van der Waals surface area contributed by atoms with Crippen molar-refractivity contribution in [1.29, 1.82) is 5.26 Å². The number of rotatable bonds is 4. The highest BCUT2D eigenvalue weighted by molar-refractivity contribution is 5.97. The van der Waals surface area contributed by atoms with E-state index in [9.17, 15) is 10.1 Å². The molecule has 6 heteroatoms. The lowest BCUT2D eigenvalue weighted by Gasteiger charge is -2.19. The number of nitrogens with one attached hydrogen (secondary N) is 3. The zero-order valence-corrected chi connectivity index (χ0v) is 17.0. The van der Waals surface area contributed by atoms with Crippen LogP contribution in [0.2, 0.25) is 0 Å². The summed E-state index contributed by atoms with van der Waals surface area (Å²) in [6.07, 6.45) is 16.4. The first-order chi connectivity index (χ1) is 14.3. The maximum Gasteiger partial charge on any atom is 0.263 e. The second-order valence-corrected chi connectivity index (χ2v) is 7.88. The first-order valence-electron chi connectivity index (χ1n) is 10.9. The number of hydrogen-bond acceptors (Lipinski definition) is 4. The van der Waals surface area contributed by atoms with Crippen LogP contribution in [0.5, 0.6) is 0 Å². The molecular formula is C23H31N5O. The molecule has 0 spiro atoms. The third-order valence-electron chi connectivity index (χ3n) is 5.61. The van der Waals surface area contributed by atoms with Gasteiger partial charge in [-0.15, -0.1) is 0 Å². The average molecular weight is 394 g/mol. The van der Waals surface area contributed by atoms with Crippen LogP contribution >= 0.6 is 0 Å². The highest BCUT2D eigenvalue weighted by Gasteiger charge is 2.16. The number of aromatic nitrogens is 2. The van der Waals surface area contributed by atoms with Gasteiger partial charge in [0.25, 0.3) is 5.91 Å². The lowest BCUT2D eigenvalue weighted by molar-refractivity contribution is -0.117. The van der Waals surface area contributed by atoms with Gasteiger partial charge in [-0.2, -0.15) is 5.26 Å². The Morgan fingerprint density at radius 1 is 1.07 bits per heavy atom. The molecule has 0 atom stereocenters. The van der Waals surface area contributed by atoms with Crippen LogP contribution in [0.25, 0.3) is 11.0 Å². The number of nitriles is 1. The molecule has 1 fully saturated rings. The van der Waals surface area contributed by atoms with Gasteiger partial charge in [-0.25, -0.2) is 4.98 Å². The zero-order chi connectivity index (χ0) is 20.3. The zero-order valence-electron chi connectivity index (χ0n) is 17.0. The van der Waals surface area contributed by atoms with E-state index in [4.69, 9.17) is 0 Å². The van der Waals surface area contributed by atoms with Crippen LogP contribution in [0.4, 0.5) is 5.69 Å². The minimum atomic E-state index is -0.292. The summed E-state index contributed by atoms with van der Waals surface area (Å²) in [7, 11) is 0. The molecule has 0 unspecified atom stereocenters. The molecule has 1 aliphatic rings. The molecule has 3 N–H and O–H groups in total. The first kappa shape index (κ1) is 20.9.